The molecule has 1 atom stereocenters. The van der Waals surface area contributed by atoms with Crippen molar-refractivity contribution >= 4 is 0 Å². The van der Waals surface area contributed by atoms with Gasteiger partial charge in [-0.05, 0) is 0 Å². The predicted molar refractivity (Wildman–Crippen MR) is 32.6 cm³/mol. The van der Waals surface area contributed by atoms with Gasteiger partial charge in [0.2, 0.25) is 0 Å². The maximum absolute atomic E-state index is 8.65. The monoisotopic (exact) mass is 130 g/mol. The summed E-state index contributed by atoms with van der Waals surface area (Å²) in [6.07, 6.45) is -0.555. The average Bonchev–Trinajstić information content (AvgIpc) is 1.89. The van der Waals surface area contributed by atoms with Crippen molar-refractivity contribution in [2.24, 2.45) is 0 Å². The molecule has 3 nitrogen and oxygen atoms in total. The highest BCUT2D eigenvalue weighted by Crippen LogP contribution is 1.85. The molecule has 3 N–H and O–H groups in total. The van der Waals surface area contributed by atoms with Gasteiger partial charge in [0.1, 0.15) is 6.61 Å². The summed E-state index contributed by atoms with van der Waals surface area (Å²) in [7, 11) is 0. The van der Waals surface area contributed by atoms with Crippen molar-refractivity contribution in [2.75, 3.05) is 13.2 Å². The lowest BCUT2D eigenvalue weighted by atomic mass is 10.3. The topological polar surface area (TPSA) is 60.7 Å². The van der Waals surface area contributed by atoms with Crippen molar-refractivity contribution in [3.8, 4) is 11.8 Å². The molecule has 0 rings (SSSR count). The van der Waals surface area contributed by atoms with E-state index in [1.54, 1.807) is 0 Å². The number of hydrogen-bond acceptors (Lipinski definition) is 3. The molecule has 0 aromatic carbocycles. The van der Waals surface area contributed by atoms with Crippen LogP contribution in [-0.4, -0.2) is 34.6 Å². The first-order valence-electron chi connectivity index (χ1n) is 2.66. The predicted octanol–water partition coefficient (Wildman–Crippen LogP) is -1.27. The fourth-order valence-corrected chi connectivity index (χ4v) is 0.310. The Kier molecular flexibility index (Phi) is 5.23. The van der Waals surface area contributed by atoms with Crippen LogP contribution in [0, 0.1) is 11.8 Å². The van der Waals surface area contributed by atoms with E-state index in [1.165, 1.54) is 0 Å². The zero-order chi connectivity index (χ0) is 7.11. The van der Waals surface area contributed by atoms with E-state index in [0.717, 1.165) is 0 Å². The van der Waals surface area contributed by atoms with Crippen molar-refractivity contribution < 1.29 is 15.3 Å². The molecular formula is C6H10O3. The van der Waals surface area contributed by atoms with Gasteiger partial charge in [-0.25, -0.2) is 0 Å². The van der Waals surface area contributed by atoms with Gasteiger partial charge in [-0.15, -0.1) is 0 Å². The Hall–Kier alpha value is -0.560. The smallest absolute Gasteiger partial charge is 0.104 e. The van der Waals surface area contributed by atoms with Crippen molar-refractivity contribution in [1.29, 1.82) is 0 Å². The molecule has 0 amide bonds. The Morgan fingerprint density at radius 3 is 2.33 bits per heavy atom. The minimum Gasteiger partial charge on any atom is -0.394 e. The summed E-state index contributed by atoms with van der Waals surface area (Å²) in [5.74, 6) is 4.82. The van der Waals surface area contributed by atoms with Crippen molar-refractivity contribution in [3.63, 3.8) is 0 Å². The minimum absolute atomic E-state index is 0.196. The number of hydrogen-bond donors (Lipinski definition) is 3. The van der Waals surface area contributed by atoms with E-state index in [2.05, 4.69) is 11.8 Å². The Balaban J connectivity index is 3.25. The number of aliphatic hydroxyl groups is 3. The van der Waals surface area contributed by atoms with Gasteiger partial charge in [-0.2, -0.15) is 0 Å². The zero-order valence-corrected chi connectivity index (χ0v) is 5.04. The first kappa shape index (κ1) is 8.44. The standard InChI is InChI=1S/C6H10O3/c7-4-2-1-3-6(9)5-8/h6-9H,3-5H2/t6-/m1/s1. The molecule has 0 aromatic heterocycles. The van der Waals surface area contributed by atoms with Crippen molar-refractivity contribution in [3.05, 3.63) is 0 Å². The van der Waals surface area contributed by atoms with E-state index in [1.807, 2.05) is 0 Å². The van der Waals surface area contributed by atoms with Gasteiger partial charge in [0, 0.05) is 6.42 Å². The Morgan fingerprint density at radius 1 is 1.22 bits per heavy atom. The van der Waals surface area contributed by atoms with E-state index in [-0.39, 0.29) is 19.6 Å². The van der Waals surface area contributed by atoms with Crippen LogP contribution in [0.3, 0.4) is 0 Å². The third kappa shape index (κ3) is 5.31. The van der Waals surface area contributed by atoms with Crippen LogP contribution in [0.15, 0.2) is 0 Å². The summed E-state index contributed by atoms with van der Waals surface area (Å²) in [6.45, 7) is -0.474. The largest absolute Gasteiger partial charge is 0.394 e. The van der Waals surface area contributed by atoms with E-state index < -0.39 is 6.10 Å². The summed E-state index contributed by atoms with van der Waals surface area (Å²) in [5.41, 5.74) is 0. The molecule has 0 fully saturated rings. The molecule has 0 aromatic rings. The lowest BCUT2D eigenvalue weighted by molar-refractivity contribution is 0.0992. The highest BCUT2D eigenvalue weighted by atomic mass is 16.3. The second kappa shape index (κ2) is 5.57. The second-order valence-corrected chi connectivity index (χ2v) is 1.55. The van der Waals surface area contributed by atoms with E-state index in [4.69, 9.17) is 15.3 Å². The normalized spacial score (nSPS) is 11.9. The first-order chi connectivity index (χ1) is 4.31. The van der Waals surface area contributed by atoms with Crippen LogP contribution in [0.4, 0.5) is 0 Å². The van der Waals surface area contributed by atoms with Crippen LogP contribution >= 0.6 is 0 Å². The van der Waals surface area contributed by atoms with E-state index in [0.29, 0.717) is 0 Å². The molecule has 9 heavy (non-hydrogen) atoms. The number of aliphatic hydroxyl groups excluding tert-OH is 3. The zero-order valence-electron chi connectivity index (χ0n) is 5.04. The van der Waals surface area contributed by atoms with Gasteiger partial charge in [-0.3, -0.25) is 0 Å². The van der Waals surface area contributed by atoms with Crippen LogP contribution in [0.5, 0.6) is 0 Å². The molecule has 0 heterocycles. The van der Waals surface area contributed by atoms with Crippen LogP contribution in [0.2, 0.25) is 0 Å². The summed E-state index contributed by atoms with van der Waals surface area (Å²) in [5, 5.41) is 25.0. The summed E-state index contributed by atoms with van der Waals surface area (Å²) < 4.78 is 0. The van der Waals surface area contributed by atoms with Gasteiger partial charge >= 0.3 is 0 Å². The van der Waals surface area contributed by atoms with Gasteiger partial charge < -0.3 is 15.3 Å². The highest BCUT2D eigenvalue weighted by molar-refractivity contribution is 4.99. The van der Waals surface area contributed by atoms with Crippen LogP contribution in [-0.2, 0) is 0 Å². The maximum atomic E-state index is 8.65. The maximum Gasteiger partial charge on any atom is 0.104 e. The van der Waals surface area contributed by atoms with Gasteiger partial charge in [0.15, 0.2) is 0 Å². The molecular weight excluding hydrogens is 120 g/mol. The Labute approximate surface area is 53.9 Å². The van der Waals surface area contributed by atoms with Gasteiger partial charge in [0.25, 0.3) is 0 Å². The molecule has 0 aliphatic heterocycles. The summed E-state index contributed by atoms with van der Waals surface area (Å²) in [6, 6.07) is 0. The van der Waals surface area contributed by atoms with Crippen molar-refractivity contribution in [2.45, 2.75) is 12.5 Å². The molecule has 3 heteroatoms. The molecule has 0 bridgehead atoms. The molecule has 0 saturated heterocycles. The quantitative estimate of drug-likeness (QED) is 0.408. The average molecular weight is 130 g/mol. The molecule has 0 radical (unpaired) electrons. The Bertz CT molecular complexity index is 111. The van der Waals surface area contributed by atoms with E-state index >= 15 is 0 Å². The summed E-state index contributed by atoms with van der Waals surface area (Å²) >= 11 is 0. The molecule has 0 unspecified atom stereocenters. The lowest BCUT2D eigenvalue weighted by Crippen LogP contribution is -2.09. The van der Waals surface area contributed by atoms with Crippen LogP contribution in [0.1, 0.15) is 6.42 Å². The lowest BCUT2D eigenvalue weighted by Gasteiger charge is -1.97. The van der Waals surface area contributed by atoms with Gasteiger partial charge in [0.05, 0.1) is 12.7 Å². The van der Waals surface area contributed by atoms with E-state index in [9.17, 15) is 0 Å². The summed E-state index contributed by atoms with van der Waals surface area (Å²) in [4.78, 5) is 0. The fourth-order valence-electron chi connectivity index (χ4n) is 0.310. The second-order valence-electron chi connectivity index (χ2n) is 1.55. The minimum atomic E-state index is -0.774. The third-order valence-electron chi connectivity index (χ3n) is 0.752. The van der Waals surface area contributed by atoms with Gasteiger partial charge in [-0.1, -0.05) is 11.8 Å². The molecule has 0 saturated carbocycles. The highest BCUT2D eigenvalue weighted by Gasteiger charge is 1.95. The molecule has 0 aliphatic rings. The first-order valence-corrected chi connectivity index (χ1v) is 2.66. The third-order valence-corrected chi connectivity index (χ3v) is 0.752. The molecule has 0 spiro atoms. The van der Waals surface area contributed by atoms with Crippen LogP contribution in [0.25, 0.3) is 0 Å². The number of rotatable bonds is 2. The van der Waals surface area contributed by atoms with Crippen LogP contribution < -0.4 is 0 Å². The van der Waals surface area contributed by atoms with Crippen molar-refractivity contribution in [1.82, 2.24) is 0 Å². The SMILES string of the molecule is OCC#CC[C@@H](O)CO. The molecule has 0 aliphatic carbocycles. The Morgan fingerprint density at radius 2 is 1.89 bits per heavy atom. The fraction of sp³-hybridized carbons (Fsp3) is 0.667. The molecule has 52 valence electrons.